The molecule has 3 N–H and O–H groups in total. The average molecular weight is 260 g/mol. The third kappa shape index (κ3) is 2.81. The molecule has 1 aromatic carbocycles. The minimum Gasteiger partial charge on any atom is -0.353 e. The Labute approximate surface area is 115 Å². The van der Waals surface area contributed by atoms with Crippen LogP contribution < -0.4 is 11.1 Å². The fourth-order valence-corrected chi connectivity index (χ4v) is 2.22. The summed E-state index contributed by atoms with van der Waals surface area (Å²) in [6.45, 7) is 7.86. The molecule has 0 aromatic heterocycles. The van der Waals surface area contributed by atoms with Crippen molar-refractivity contribution in [2.75, 3.05) is 0 Å². The zero-order valence-electron chi connectivity index (χ0n) is 12.3. The molecule has 0 saturated heterocycles. The van der Waals surface area contributed by atoms with Gasteiger partial charge in [0.1, 0.15) is 0 Å². The van der Waals surface area contributed by atoms with Crippen molar-refractivity contribution in [3.05, 3.63) is 35.4 Å². The molecular weight excluding hydrogens is 236 g/mol. The van der Waals surface area contributed by atoms with Gasteiger partial charge in [0.25, 0.3) is 0 Å². The molecule has 0 unspecified atom stereocenters. The van der Waals surface area contributed by atoms with Gasteiger partial charge in [-0.1, -0.05) is 24.3 Å². The van der Waals surface area contributed by atoms with Crippen LogP contribution in [0.15, 0.2) is 24.3 Å². The van der Waals surface area contributed by atoms with Gasteiger partial charge in [-0.25, -0.2) is 0 Å². The zero-order valence-corrected chi connectivity index (χ0v) is 12.3. The summed E-state index contributed by atoms with van der Waals surface area (Å²) in [7, 11) is 0. The first-order valence-electron chi connectivity index (χ1n) is 6.96. The number of benzene rings is 1. The van der Waals surface area contributed by atoms with Crippen LogP contribution in [0.1, 0.15) is 51.7 Å². The van der Waals surface area contributed by atoms with Crippen LogP contribution in [0.2, 0.25) is 0 Å². The molecule has 0 bridgehead atoms. The van der Waals surface area contributed by atoms with E-state index in [1.54, 1.807) is 0 Å². The molecule has 104 valence electrons. The quantitative estimate of drug-likeness (QED) is 0.873. The summed E-state index contributed by atoms with van der Waals surface area (Å²) >= 11 is 0. The van der Waals surface area contributed by atoms with Crippen molar-refractivity contribution in [3.8, 4) is 0 Å². The third-order valence-corrected chi connectivity index (χ3v) is 3.96. The van der Waals surface area contributed by atoms with Gasteiger partial charge in [-0.3, -0.25) is 4.79 Å². The first kappa shape index (κ1) is 14.1. The van der Waals surface area contributed by atoms with E-state index in [-0.39, 0.29) is 17.5 Å². The summed E-state index contributed by atoms with van der Waals surface area (Å²) in [5.74, 6) is 0.0594. The number of carbonyl (C=O) groups is 1. The maximum absolute atomic E-state index is 12.2. The van der Waals surface area contributed by atoms with Gasteiger partial charge in [0, 0.05) is 11.6 Å². The number of hydrogen-bond acceptors (Lipinski definition) is 2. The summed E-state index contributed by atoms with van der Waals surface area (Å²) < 4.78 is 0. The second-order valence-corrected chi connectivity index (χ2v) is 6.49. The van der Waals surface area contributed by atoms with E-state index in [0.717, 1.165) is 18.4 Å². The van der Waals surface area contributed by atoms with E-state index in [1.807, 2.05) is 39.8 Å². The summed E-state index contributed by atoms with van der Waals surface area (Å²) in [6.07, 6.45) is 2.12. The molecule has 2 rings (SSSR count). The first-order chi connectivity index (χ1) is 8.75. The van der Waals surface area contributed by atoms with Crippen molar-refractivity contribution in [3.63, 3.8) is 0 Å². The molecule has 1 aromatic rings. The maximum Gasteiger partial charge on any atom is 0.230 e. The minimum absolute atomic E-state index is 0.0594. The maximum atomic E-state index is 12.2. The van der Waals surface area contributed by atoms with E-state index in [4.69, 9.17) is 5.73 Å². The average Bonchev–Trinajstić information content (AvgIpc) is 3.08. The van der Waals surface area contributed by atoms with Crippen LogP contribution in [0, 0.1) is 0 Å². The van der Waals surface area contributed by atoms with Crippen LogP contribution in [0.5, 0.6) is 0 Å². The lowest BCUT2D eigenvalue weighted by Crippen LogP contribution is -2.43. The smallest absolute Gasteiger partial charge is 0.230 e. The minimum atomic E-state index is -0.520. The van der Waals surface area contributed by atoms with Crippen molar-refractivity contribution in [2.45, 2.75) is 57.5 Å². The van der Waals surface area contributed by atoms with E-state index in [9.17, 15) is 4.79 Å². The number of nitrogens with one attached hydrogen (secondary N) is 1. The lowest BCUT2D eigenvalue weighted by molar-refractivity contribution is -0.126. The van der Waals surface area contributed by atoms with Crippen LogP contribution in [0.4, 0.5) is 0 Å². The highest BCUT2D eigenvalue weighted by atomic mass is 16.2. The van der Waals surface area contributed by atoms with Gasteiger partial charge in [0.2, 0.25) is 5.91 Å². The molecule has 1 saturated carbocycles. The molecule has 0 heterocycles. The molecule has 0 spiro atoms. The van der Waals surface area contributed by atoms with Gasteiger partial charge in [0.15, 0.2) is 0 Å². The molecule has 0 aliphatic heterocycles. The Kier molecular flexibility index (Phi) is 3.43. The highest BCUT2D eigenvalue weighted by molar-refractivity contribution is 5.87. The van der Waals surface area contributed by atoms with Crippen LogP contribution in [0.25, 0.3) is 0 Å². The van der Waals surface area contributed by atoms with Crippen molar-refractivity contribution in [1.82, 2.24) is 5.32 Å². The summed E-state index contributed by atoms with van der Waals surface area (Å²) in [6, 6.07) is 8.34. The molecule has 3 heteroatoms. The van der Waals surface area contributed by atoms with Gasteiger partial charge in [-0.15, -0.1) is 0 Å². The predicted molar refractivity (Wildman–Crippen MR) is 77.8 cm³/mol. The summed E-state index contributed by atoms with van der Waals surface area (Å²) in [4.78, 5) is 12.2. The Bertz CT molecular complexity index is 470. The van der Waals surface area contributed by atoms with Crippen LogP contribution in [-0.4, -0.2) is 11.9 Å². The molecule has 0 atom stereocenters. The van der Waals surface area contributed by atoms with Gasteiger partial charge >= 0.3 is 0 Å². The van der Waals surface area contributed by atoms with E-state index in [0.29, 0.717) is 0 Å². The van der Waals surface area contributed by atoms with Crippen LogP contribution in [-0.2, 0) is 15.7 Å². The molecule has 3 nitrogen and oxygen atoms in total. The SMILES string of the molecule is CC(C)NC(=O)C(C)(C)c1ccc(C2(N)CC2)cc1. The van der Waals surface area contributed by atoms with Gasteiger partial charge < -0.3 is 11.1 Å². The number of rotatable bonds is 4. The molecule has 1 amide bonds. The Morgan fingerprint density at radius 2 is 1.79 bits per heavy atom. The van der Waals surface area contributed by atoms with Gasteiger partial charge in [-0.05, 0) is 51.7 Å². The predicted octanol–water partition coefficient (Wildman–Crippen LogP) is 2.44. The molecule has 0 radical (unpaired) electrons. The van der Waals surface area contributed by atoms with E-state index >= 15 is 0 Å². The van der Waals surface area contributed by atoms with E-state index < -0.39 is 5.41 Å². The molecule has 1 aliphatic rings. The van der Waals surface area contributed by atoms with Gasteiger partial charge in [0.05, 0.1) is 5.41 Å². The normalized spacial score (nSPS) is 17.4. The number of amides is 1. The number of carbonyl (C=O) groups excluding carboxylic acids is 1. The van der Waals surface area contributed by atoms with Gasteiger partial charge in [-0.2, -0.15) is 0 Å². The Morgan fingerprint density at radius 3 is 2.21 bits per heavy atom. The summed E-state index contributed by atoms with van der Waals surface area (Å²) in [5.41, 5.74) is 7.75. The monoisotopic (exact) mass is 260 g/mol. The Morgan fingerprint density at radius 1 is 1.26 bits per heavy atom. The zero-order chi connectivity index (χ0) is 14.3. The number of nitrogens with two attached hydrogens (primary N) is 1. The lowest BCUT2D eigenvalue weighted by Gasteiger charge is -2.26. The Hall–Kier alpha value is -1.35. The highest BCUT2D eigenvalue weighted by Gasteiger charge is 2.40. The van der Waals surface area contributed by atoms with Crippen LogP contribution >= 0.6 is 0 Å². The largest absolute Gasteiger partial charge is 0.353 e. The van der Waals surface area contributed by atoms with Crippen molar-refractivity contribution < 1.29 is 4.79 Å². The fourth-order valence-electron chi connectivity index (χ4n) is 2.22. The molecular formula is C16H24N2O. The molecule has 1 fully saturated rings. The van der Waals surface area contributed by atoms with Crippen molar-refractivity contribution in [2.24, 2.45) is 5.73 Å². The molecule has 1 aliphatic carbocycles. The van der Waals surface area contributed by atoms with E-state index in [1.165, 1.54) is 5.56 Å². The van der Waals surface area contributed by atoms with Crippen molar-refractivity contribution in [1.29, 1.82) is 0 Å². The topological polar surface area (TPSA) is 55.1 Å². The highest BCUT2D eigenvalue weighted by Crippen LogP contribution is 2.42. The standard InChI is InChI=1S/C16H24N2O/c1-11(2)18-14(19)15(3,4)12-5-7-13(8-6-12)16(17)9-10-16/h5-8,11H,9-10,17H2,1-4H3,(H,18,19). The van der Waals surface area contributed by atoms with E-state index in [2.05, 4.69) is 17.4 Å². The number of hydrogen-bond donors (Lipinski definition) is 2. The van der Waals surface area contributed by atoms with Crippen LogP contribution in [0.3, 0.4) is 0 Å². The fraction of sp³-hybridized carbons (Fsp3) is 0.562. The lowest BCUT2D eigenvalue weighted by atomic mass is 9.82. The van der Waals surface area contributed by atoms with Crippen molar-refractivity contribution >= 4 is 5.91 Å². The first-order valence-corrected chi connectivity index (χ1v) is 6.96. The Balaban J connectivity index is 2.18. The molecule has 19 heavy (non-hydrogen) atoms. The summed E-state index contributed by atoms with van der Waals surface area (Å²) in [5, 5.41) is 2.98. The second-order valence-electron chi connectivity index (χ2n) is 6.49. The second kappa shape index (κ2) is 4.64. The third-order valence-electron chi connectivity index (χ3n) is 3.96.